The van der Waals surface area contributed by atoms with Gasteiger partial charge < -0.3 is 19.1 Å². The van der Waals surface area contributed by atoms with Gasteiger partial charge >= 0.3 is 0 Å². The van der Waals surface area contributed by atoms with Gasteiger partial charge in [0.2, 0.25) is 0 Å². The van der Waals surface area contributed by atoms with Crippen molar-refractivity contribution in [3.63, 3.8) is 0 Å². The first kappa shape index (κ1) is 21.1. The van der Waals surface area contributed by atoms with Gasteiger partial charge in [-0.3, -0.25) is 19.8 Å². The van der Waals surface area contributed by atoms with E-state index in [4.69, 9.17) is 14.2 Å². The van der Waals surface area contributed by atoms with Crippen LogP contribution in [0.4, 0.5) is 11.4 Å². The molecule has 9 nitrogen and oxygen atoms in total. The molecule has 2 aromatic carbocycles. The van der Waals surface area contributed by atoms with Crippen molar-refractivity contribution in [2.45, 2.75) is 12.7 Å². The number of hydrogen-bond acceptors (Lipinski definition) is 8. The number of non-ortho nitro benzene ring substituents is 1. The van der Waals surface area contributed by atoms with Gasteiger partial charge in [-0.15, -0.1) is 0 Å². The number of piperazine rings is 1. The van der Waals surface area contributed by atoms with E-state index in [-0.39, 0.29) is 11.5 Å². The number of nitrogens with zero attached hydrogens (tertiary/aromatic N) is 3. The molecule has 164 valence electrons. The zero-order valence-corrected chi connectivity index (χ0v) is 17.6. The predicted molar refractivity (Wildman–Crippen MR) is 114 cm³/mol. The summed E-state index contributed by atoms with van der Waals surface area (Å²) in [5, 5.41) is 10.8. The summed E-state index contributed by atoms with van der Waals surface area (Å²) in [6.45, 7) is 4.00. The van der Waals surface area contributed by atoms with Crippen LogP contribution in [0.2, 0.25) is 0 Å². The monoisotopic (exact) mass is 427 g/mol. The fourth-order valence-corrected chi connectivity index (χ4v) is 4.05. The maximum absolute atomic E-state index is 13.0. The molecule has 0 N–H and O–H groups in total. The summed E-state index contributed by atoms with van der Waals surface area (Å²) in [5.74, 6) is 1.07. The number of nitro groups is 1. The third-order valence-electron chi connectivity index (χ3n) is 5.83. The molecule has 2 aliphatic heterocycles. The van der Waals surface area contributed by atoms with E-state index >= 15 is 0 Å². The standard InChI is InChI=1S/C22H25N3O6/c1-29-19-11-15-14-31-21(22(26)18(15)12-20(19)30-2)13-23-7-9-24(10-8-23)16-3-5-17(6-4-16)25(27)28/h3-6,11-12,21H,7-10,13-14H2,1-2H3. The first-order valence-electron chi connectivity index (χ1n) is 10.1. The number of benzene rings is 2. The lowest BCUT2D eigenvalue weighted by Crippen LogP contribution is -2.50. The molecule has 2 aliphatic rings. The van der Waals surface area contributed by atoms with Gasteiger partial charge in [-0.05, 0) is 29.8 Å². The molecule has 4 rings (SSSR count). The zero-order valence-electron chi connectivity index (χ0n) is 17.6. The molecular weight excluding hydrogens is 402 g/mol. The van der Waals surface area contributed by atoms with Crippen LogP contribution in [-0.4, -0.2) is 68.7 Å². The van der Waals surface area contributed by atoms with Crippen LogP contribution in [0.1, 0.15) is 15.9 Å². The van der Waals surface area contributed by atoms with E-state index in [1.807, 2.05) is 0 Å². The Hall–Kier alpha value is -3.17. The van der Waals surface area contributed by atoms with Crippen LogP contribution in [0.15, 0.2) is 36.4 Å². The molecule has 1 unspecified atom stereocenters. The van der Waals surface area contributed by atoms with Gasteiger partial charge in [-0.2, -0.15) is 0 Å². The van der Waals surface area contributed by atoms with Gasteiger partial charge in [-0.25, -0.2) is 0 Å². The summed E-state index contributed by atoms with van der Waals surface area (Å²) in [5.41, 5.74) is 2.48. The predicted octanol–water partition coefficient (Wildman–Crippen LogP) is 2.52. The molecule has 0 saturated carbocycles. The summed E-state index contributed by atoms with van der Waals surface area (Å²) >= 11 is 0. The Morgan fingerprint density at radius 2 is 1.71 bits per heavy atom. The van der Waals surface area contributed by atoms with Gasteiger partial charge in [0.15, 0.2) is 17.3 Å². The number of fused-ring (bicyclic) bond motifs is 1. The number of hydrogen-bond donors (Lipinski definition) is 0. The highest BCUT2D eigenvalue weighted by molar-refractivity contribution is 6.02. The number of nitro benzene ring substituents is 1. The SMILES string of the molecule is COc1cc2c(cc1OC)C(=O)C(CN1CCN(c3ccc([N+](=O)[O-])cc3)CC1)OC2. The van der Waals surface area contributed by atoms with Crippen molar-refractivity contribution in [2.24, 2.45) is 0 Å². The summed E-state index contributed by atoms with van der Waals surface area (Å²) in [6.07, 6.45) is -0.517. The van der Waals surface area contributed by atoms with E-state index in [9.17, 15) is 14.9 Å². The lowest BCUT2D eigenvalue weighted by Gasteiger charge is -2.38. The van der Waals surface area contributed by atoms with E-state index < -0.39 is 11.0 Å². The van der Waals surface area contributed by atoms with Gasteiger partial charge in [0, 0.05) is 56.1 Å². The molecule has 1 fully saturated rings. The van der Waals surface area contributed by atoms with Crippen molar-refractivity contribution < 1.29 is 23.9 Å². The molecule has 1 saturated heterocycles. The molecule has 0 amide bonds. The average Bonchev–Trinajstić information content (AvgIpc) is 2.80. The maximum Gasteiger partial charge on any atom is 0.269 e. The van der Waals surface area contributed by atoms with Crippen LogP contribution in [0.25, 0.3) is 0 Å². The van der Waals surface area contributed by atoms with Gasteiger partial charge in [0.05, 0.1) is 25.7 Å². The Morgan fingerprint density at radius 1 is 1.06 bits per heavy atom. The molecular formula is C22H25N3O6. The Labute approximate surface area is 180 Å². The third-order valence-corrected chi connectivity index (χ3v) is 5.83. The van der Waals surface area contributed by atoms with Crippen LogP contribution in [0.3, 0.4) is 0 Å². The van der Waals surface area contributed by atoms with Crippen LogP contribution in [-0.2, 0) is 11.3 Å². The quantitative estimate of drug-likeness (QED) is 0.513. The van der Waals surface area contributed by atoms with Crippen LogP contribution in [0.5, 0.6) is 11.5 Å². The van der Waals surface area contributed by atoms with E-state index in [1.54, 1.807) is 38.5 Å². The largest absolute Gasteiger partial charge is 0.493 e. The number of ketones is 1. The Bertz CT molecular complexity index is 970. The van der Waals surface area contributed by atoms with Gasteiger partial charge in [0.25, 0.3) is 5.69 Å². The lowest BCUT2D eigenvalue weighted by atomic mass is 9.96. The summed E-state index contributed by atoms with van der Waals surface area (Å²) < 4.78 is 16.5. The Balaban J connectivity index is 1.37. The minimum absolute atomic E-state index is 0.0417. The van der Waals surface area contributed by atoms with Crippen molar-refractivity contribution in [1.82, 2.24) is 4.90 Å². The van der Waals surface area contributed by atoms with Gasteiger partial charge in [0.1, 0.15) is 6.10 Å². The minimum atomic E-state index is -0.517. The summed E-state index contributed by atoms with van der Waals surface area (Å²) in [6, 6.07) is 10.1. The fourth-order valence-electron chi connectivity index (χ4n) is 4.05. The lowest BCUT2D eigenvalue weighted by molar-refractivity contribution is -0.384. The first-order valence-corrected chi connectivity index (χ1v) is 10.1. The molecule has 0 aliphatic carbocycles. The summed E-state index contributed by atoms with van der Waals surface area (Å²) in [7, 11) is 3.12. The van der Waals surface area contributed by atoms with E-state index in [1.165, 1.54) is 12.1 Å². The highest BCUT2D eigenvalue weighted by Gasteiger charge is 2.32. The second-order valence-corrected chi connectivity index (χ2v) is 7.59. The van der Waals surface area contributed by atoms with Gasteiger partial charge in [-0.1, -0.05) is 0 Å². The van der Waals surface area contributed by atoms with Crippen LogP contribution < -0.4 is 14.4 Å². The molecule has 0 bridgehead atoms. The number of methoxy groups -OCH3 is 2. The topological polar surface area (TPSA) is 94.4 Å². The Kier molecular flexibility index (Phi) is 6.06. The zero-order chi connectivity index (χ0) is 22.0. The van der Waals surface area contributed by atoms with Crippen molar-refractivity contribution in [2.75, 3.05) is 51.8 Å². The van der Waals surface area contributed by atoms with Crippen LogP contribution >= 0.6 is 0 Å². The fraction of sp³-hybridized carbons (Fsp3) is 0.409. The highest BCUT2D eigenvalue weighted by Crippen LogP contribution is 2.34. The molecule has 1 atom stereocenters. The highest BCUT2D eigenvalue weighted by atomic mass is 16.6. The smallest absolute Gasteiger partial charge is 0.269 e. The minimum Gasteiger partial charge on any atom is -0.493 e. The molecule has 31 heavy (non-hydrogen) atoms. The van der Waals surface area contributed by atoms with Crippen molar-refractivity contribution in [3.8, 4) is 11.5 Å². The number of carbonyl (C=O) groups excluding carboxylic acids is 1. The van der Waals surface area contributed by atoms with Crippen molar-refractivity contribution in [3.05, 3.63) is 57.6 Å². The molecule has 0 radical (unpaired) electrons. The van der Waals surface area contributed by atoms with Crippen molar-refractivity contribution >= 4 is 17.2 Å². The Morgan fingerprint density at radius 3 is 2.32 bits per heavy atom. The first-order chi connectivity index (χ1) is 15.0. The maximum atomic E-state index is 13.0. The molecule has 2 aromatic rings. The number of carbonyl (C=O) groups is 1. The molecule has 2 heterocycles. The van der Waals surface area contributed by atoms with E-state index in [2.05, 4.69) is 9.80 Å². The summed E-state index contributed by atoms with van der Waals surface area (Å²) in [4.78, 5) is 27.9. The van der Waals surface area contributed by atoms with Crippen molar-refractivity contribution in [1.29, 1.82) is 0 Å². The van der Waals surface area contributed by atoms with E-state index in [0.717, 1.165) is 37.4 Å². The number of ether oxygens (including phenoxy) is 3. The normalized spacial score (nSPS) is 19.1. The van der Waals surface area contributed by atoms with E-state index in [0.29, 0.717) is 30.2 Å². The molecule has 0 spiro atoms. The molecule has 9 heteroatoms. The number of Topliss-reactive ketones (excluding diaryl/α,β-unsaturated/α-hetero) is 1. The van der Waals surface area contributed by atoms with Crippen LogP contribution in [0, 0.1) is 10.1 Å². The second kappa shape index (κ2) is 8.91. The third kappa shape index (κ3) is 4.33. The number of rotatable bonds is 6. The molecule has 0 aromatic heterocycles. The second-order valence-electron chi connectivity index (χ2n) is 7.59. The average molecular weight is 427 g/mol. The number of anilines is 1.